The number of aryl methyl sites for hydroxylation is 1. The van der Waals surface area contributed by atoms with Gasteiger partial charge in [0, 0.05) is 0 Å². The summed E-state index contributed by atoms with van der Waals surface area (Å²) in [5.74, 6) is 0. The third-order valence-electron chi connectivity index (χ3n) is 2.77. The van der Waals surface area contributed by atoms with Gasteiger partial charge in [-0.1, -0.05) is 12.1 Å². The molecule has 0 saturated heterocycles. The summed E-state index contributed by atoms with van der Waals surface area (Å²) in [4.78, 5) is 8.04. The van der Waals surface area contributed by atoms with Crippen LogP contribution >= 0.6 is 7.60 Å². The molecule has 0 amide bonds. The fourth-order valence-electron chi connectivity index (χ4n) is 1.74. The zero-order valence-corrected chi connectivity index (χ0v) is 16.7. The molecule has 1 aromatic carbocycles. The molecule has 0 aliphatic heterocycles. The van der Waals surface area contributed by atoms with Gasteiger partial charge < -0.3 is 0 Å². The van der Waals surface area contributed by atoms with Crippen LogP contribution in [0.3, 0.4) is 0 Å². The van der Waals surface area contributed by atoms with Gasteiger partial charge in [-0.25, -0.2) is 9.78 Å². The minimum Gasteiger partial charge on any atom is -0.253 e. The minimum absolute atomic E-state index is 0.0716. The van der Waals surface area contributed by atoms with Crippen LogP contribution in [0.15, 0.2) is 23.1 Å². The lowest BCUT2D eigenvalue weighted by Gasteiger charge is -2.18. The second-order valence-corrected chi connectivity index (χ2v) is 8.79. The van der Waals surface area contributed by atoms with E-state index in [1.54, 1.807) is 0 Å². The summed E-state index contributed by atoms with van der Waals surface area (Å²) < 4.78 is 90.1. The number of halogens is 3. The maximum absolute atomic E-state index is 13.1. The van der Waals surface area contributed by atoms with Crippen molar-refractivity contribution in [2.45, 2.75) is 44.9 Å². The lowest BCUT2D eigenvalue weighted by Crippen LogP contribution is -2.18. The van der Waals surface area contributed by atoms with E-state index in [9.17, 15) is 26.2 Å². The Labute approximate surface area is 155 Å². The molecule has 1 atom stereocenters. The summed E-state index contributed by atoms with van der Waals surface area (Å²) in [6.07, 6.45) is -6.78. The standard InChI is InChI=1S/C14H20F3O8PS/c1-5-21-24-26(18,25-23-10(2)3)9-22-27(19,20)13-11(4)7-6-8-12(13)14(15,16)17/h6-8,10H,5,9H2,1-4H3. The summed E-state index contributed by atoms with van der Waals surface area (Å²) in [5, 5.41) is 0. The zero-order valence-electron chi connectivity index (χ0n) is 15.0. The van der Waals surface area contributed by atoms with Gasteiger partial charge in [0.25, 0.3) is 10.1 Å². The molecule has 8 nitrogen and oxygen atoms in total. The molecule has 1 rings (SSSR count). The fourth-order valence-corrected chi connectivity index (χ4v) is 4.53. The average Bonchev–Trinajstić information content (AvgIpc) is 2.55. The number of rotatable bonds is 10. The number of hydrogen-bond donors (Lipinski definition) is 0. The van der Waals surface area contributed by atoms with Crippen molar-refractivity contribution in [2.24, 2.45) is 0 Å². The first kappa shape index (κ1) is 24.0. The molecule has 0 aliphatic carbocycles. The molecule has 0 N–H and O–H groups in total. The molecule has 13 heteroatoms. The Morgan fingerprint density at radius 1 is 1.19 bits per heavy atom. The van der Waals surface area contributed by atoms with Crippen LogP contribution in [0.25, 0.3) is 0 Å². The van der Waals surface area contributed by atoms with Gasteiger partial charge >= 0.3 is 13.8 Å². The van der Waals surface area contributed by atoms with Gasteiger partial charge in [-0.05, 0) is 39.3 Å². The van der Waals surface area contributed by atoms with Crippen LogP contribution in [0.1, 0.15) is 31.9 Å². The zero-order chi connectivity index (χ0) is 20.9. The molecule has 0 fully saturated rings. The van der Waals surface area contributed by atoms with Gasteiger partial charge in [-0.3, -0.25) is 8.75 Å². The molecule has 0 bridgehead atoms. The lowest BCUT2D eigenvalue weighted by atomic mass is 10.1. The predicted octanol–water partition coefficient (Wildman–Crippen LogP) is 4.19. The van der Waals surface area contributed by atoms with E-state index >= 15 is 0 Å². The largest absolute Gasteiger partial charge is 0.417 e. The molecule has 0 aromatic heterocycles. The molecule has 1 aromatic rings. The summed E-state index contributed by atoms with van der Waals surface area (Å²) in [6.45, 7) is 5.61. The Hall–Kier alpha value is -1.01. The van der Waals surface area contributed by atoms with Gasteiger partial charge in [0.1, 0.15) is 4.90 Å². The molecule has 0 saturated carbocycles. The molecule has 156 valence electrons. The quantitative estimate of drug-likeness (QED) is 0.233. The van der Waals surface area contributed by atoms with E-state index in [4.69, 9.17) is 0 Å². The Bertz CT molecular complexity index is 779. The molecule has 1 unspecified atom stereocenters. The predicted molar refractivity (Wildman–Crippen MR) is 86.9 cm³/mol. The van der Waals surface area contributed by atoms with E-state index in [-0.39, 0.29) is 12.2 Å². The molecule has 0 heterocycles. The van der Waals surface area contributed by atoms with Gasteiger partial charge in [0.05, 0.1) is 18.3 Å². The van der Waals surface area contributed by atoms with Crippen molar-refractivity contribution in [1.29, 1.82) is 0 Å². The fraction of sp³-hybridized carbons (Fsp3) is 0.571. The topological polar surface area (TPSA) is 97.4 Å². The Morgan fingerprint density at radius 2 is 1.81 bits per heavy atom. The van der Waals surface area contributed by atoms with Gasteiger partial charge in [-0.15, -0.1) is 9.35 Å². The van der Waals surface area contributed by atoms with E-state index in [2.05, 4.69) is 23.3 Å². The smallest absolute Gasteiger partial charge is 0.253 e. The molecule has 0 radical (unpaired) electrons. The monoisotopic (exact) mass is 436 g/mol. The summed E-state index contributed by atoms with van der Waals surface area (Å²) in [5.41, 5.74) is -1.62. The first-order valence-corrected chi connectivity index (χ1v) is 10.8. The summed E-state index contributed by atoms with van der Waals surface area (Å²) >= 11 is 0. The highest BCUT2D eigenvalue weighted by Crippen LogP contribution is 2.50. The minimum atomic E-state index is -4.96. The molecular formula is C14H20F3O8PS. The van der Waals surface area contributed by atoms with Crippen molar-refractivity contribution >= 4 is 17.7 Å². The Balaban J connectivity index is 3.14. The first-order valence-electron chi connectivity index (χ1n) is 7.64. The molecule has 0 spiro atoms. The summed E-state index contributed by atoms with van der Waals surface area (Å²) in [7, 11) is -9.37. The SMILES string of the molecule is CCOOP(=O)(COS(=O)(=O)c1c(C)cccc1C(F)(F)F)OOC(C)C. The van der Waals surface area contributed by atoms with E-state index < -0.39 is 46.8 Å². The maximum Gasteiger partial charge on any atom is 0.417 e. The van der Waals surface area contributed by atoms with Crippen molar-refractivity contribution in [3.8, 4) is 0 Å². The van der Waals surface area contributed by atoms with Crippen LogP contribution in [0.5, 0.6) is 0 Å². The van der Waals surface area contributed by atoms with Crippen LogP contribution in [0.4, 0.5) is 13.2 Å². The Kier molecular flexibility index (Phi) is 8.42. The van der Waals surface area contributed by atoms with Gasteiger partial charge in [0.15, 0.2) is 6.35 Å². The van der Waals surface area contributed by atoms with Crippen LogP contribution in [0, 0.1) is 6.92 Å². The Morgan fingerprint density at radius 3 is 2.33 bits per heavy atom. The van der Waals surface area contributed by atoms with Crippen LogP contribution in [0.2, 0.25) is 0 Å². The highest BCUT2D eigenvalue weighted by Gasteiger charge is 2.40. The normalized spacial score (nSPS) is 15.1. The molecule has 27 heavy (non-hydrogen) atoms. The highest BCUT2D eigenvalue weighted by atomic mass is 32.2. The second kappa shape index (κ2) is 9.46. The van der Waals surface area contributed by atoms with E-state index in [0.717, 1.165) is 6.07 Å². The summed E-state index contributed by atoms with van der Waals surface area (Å²) in [6, 6.07) is 2.82. The van der Waals surface area contributed by atoms with Gasteiger partial charge in [0.2, 0.25) is 0 Å². The van der Waals surface area contributed by atoms with Crippen LogP contribution in [-0.2, 0) is 44.2 Å². The van der Waals surface area contributed by atoms with E-state index in [1.807, 2.05) is 0 Å². The van der Waals surface area contributed by atoms with E-state index in [1.165, 1.54) is 33.8 Å². The molecule has 0 aliphatic rings. The second-order valence-electron chi connectivity index (χ2n) is 5.46. The maximum atomic E-state index is 13.1. The van der Waals surface area contributed by atoms with Crippen molar-refractivity contribution < 1.29 is 49.5 Å². The highest BCUT2D eigenvalue weighted by molar-refractivity contribution is 7.87. The average molecular weight is 436 g/mol. The first-order chi connectivity index (χ1) is 12.3. The van der Waals surface area contributed by atoms with Crippen LogP contribution in [-0.4, -0.2) is 27.5 Å². The van der Waals surface area contributed by atoms with Crippen molar-refractivity contribution in [3.05, 3.63) is 29.3 Å². The number of hydrogen-bond acceptors (Lipinski definition) is 8. The lowest BCUT2D eigenvalue weighted by molar-refractivity contribution is -0.280. The van der Waals surface area contributed by atoms with Gasteiger partial charge in [-0.2, -0.15) is 21.6 Å². The van der Waals surface area contributed by atoms with Crippen LogP contribution < -0.4 is 0 Å². The number of benzene rings is 1. The van der Waals surface area contributed by atoms with Crippen molar-refractivity contribution in [3.63, 3.8) is 0 Å². The number of alkyl halides is 3. The third-order valence-corrected chi connectivity index (χ3v) is 5.50. The molecular weight excluding hydrogens is 416 g/mol. The van der Waals surface area contributed by atoms with Crippen molar-refractivity contribution in [1.82, 2.24) is 0 Å². The van der Waals surface area contributed by atoms with Crippen molar-refractivity contribution in [2.75, 3.05) is 13.0 Å². The van der Waals surface area contributed by atoms with E-state index in [0.29, 0.717) is 6.07 Å². The third kappa shape index (κ3) is 7.15.